The van der Waals surface area contributed by atoms with Crippen molar-refractivity contribution in [1.29, 1.82) is 0 Å². The molecule has 0 aromatic carbocycles. The third-order valence-electron chi connectivity index (χ3n) is 2.57. The van der Waals surface area contributed by atoms with Gasteiger partial charge < -0.3 is 19.8 Å². The predicted octanol–water partition coefficient (Wildman–Crippen LogP) is 0.265. The summed E-state index contributed by atoms with van der Waals surface area (Å²) in [5.41, 5.74) is 5.35. The van der Waals surface area contributed by atoms with Crippen LogP contribution in [0.5, 0.6) is 0 Å². The zero-order chi connectivity index (χ0) is 10.1. The lowest BCUT2D eigenvalue weighted by Crippen LogP contribution is -2.36. The van der Waals surface area contributed by atoms with Crippen LogP contribution in [0.2, 0.25) is 0 Å². The first-order valence-electron chi connectivity index (χ1n) is 4.62. The van der Waals surface area contributed by atoms with E-state index in [2.05, 4.69) is 10.2 Å². The molecule has 2 atom stereocenters. The van der Waals surface area contributed by atoms with E-state index in [1.54, 1.807) is 0 Å². The topological polar surface area (TPSA) is 77.4 Å². The van der Waals surface area contributed by atoms with Crippen molar-refractivity contribution >= 4 is 12.0 Å². The Morgan fingerprint density at radius 1 is 1.50 bits per heavy atom. The molecule has 1 aromatic heterocycles. The van der Waals surface area contributed by atoms with Gasteiger partial charge in [-0.25, -0.2) is 0 Å². The van der Waals surface area contributed by atoms with E-state index in [0.717, 1.165) is 13.0 Å². The Kier molecular flexibility index (Phi) is 2.28. The summed E-state index contributed by atoms with van der Waals surface area (Å²) in [5.74, 6) is 0. The zero-order valence-corrected chi connectivity index (χ0v) is 8.30. The van der Waals surface area contributed by atoms with Gasteiger partial charge in [0.15, 0.2) is 0 Å². The SMILES string of the molecule is CC1OCCC1N(C)c1nnc(N)o1. The van der Waals surface area contributed by atoms with Gasteiger partial charge in [0.1, 0.15) is 0 Å². The Morgan fingerprint density at radius 2 is 2.29 bits per heavy atom. The summed E-state index contributed by atoms with van der Waals surface area (Å²) in [4.78, 5) is 1.92. The van der Waals surface area contributed by atoms with Gasteiger partial charge in [-0.1, -0.05) is 10.2 Å². The van der Waals surface area contributed by atoms with Crippen molar-refractivity contribution in [1.82, 2.24) is 10.2 Å². The predicted molar refractivity (Wildman–Crippen MR) is 50.9 cm³/mol. The first kappa shape index (κ1) is 9.26. The van der Waals surface area contributed by atoms with Crippen LogP contribution in [-0.4, -0.2) is 36.0 Å². The van der Waals surface area contributed by atoms with Crippen LogP contribution in [-0.2, 0) is 4.74 Å². The van der Waals surface area contributed by atoms with Gasteiger partial charge in [0.2, 0.25) is 0 Å². The first-order valence-corrected chi connectivity index (χ1v) is 4.62. The van der Waals surface area contributed by atoms with Gasteiger partial charge in [-0.05, 0) is 13.3 Å². The summed E-state index contributed by atoms with van der Waals surface area (Å²) in [6.45, 7) is 2.81. The van der Waals surface area contributed by atoms with Gasteiger partial charge in [-0.3, -0.25) is 0 Å². The summed E-state index contributed by atoms with van der Waals surface area (Å²) in [6, 6.07) is 0.832. The molecular formula is C8H14N4O2. The maximum Gasteiger partial charge on any atom is 0.319 e. The molecule has 1 aliphatic rings. The van der Waals surface area contributed by atoms with Crippen LogP contribution in [0.25, 0.3) is 0 Å². The van der Waals surface area contributed by atoms with Crippen LogP contribution in [0.3, 0.4) is 0 Å². The second-order valence-electron chi connectivity index (χ2n) is 3.47. The molecule has 1 saturated heterocycles. The van der Waals surface area contributed by atoms with Gasteiger partial charge in [0.05, 0.1) is 12.1 Å². The summed E-state index contributed by atoms with van der Waals surface area (Å²) >= 11 is 0. The molecule has 1 aromatic rings. The number of nitrogens with two attached hydrogens (primary N) is 1. The molecule has 2 N–H and O–H groups in total. The highest BCUT2D eigenvalue weighted by Crippen LogP contribution is 2.23. The van der Waals surface area contributed by atoms with Gasteiger partial charge in [-0.2, -0.15) is 0 Å². The molecule has 0 spiro atoms. The molecule has 0 bridgehead atoms. The third kappa shape index (κ3) is 1.52. The molecule has 6 nitrogen and oxygen atoms in total. The minimum absolute atomic E-state index is 0.0958. The molecular weight excluding hydrogens is 184 g/mol. The quantitative estimate of drug-likeness (QED) is 0.734. The minimum Gasteiger partial charge on any atom is -0.390 e. The Balaban J connectivity index is 2.11. The normalized spacial score (nSPS) is 26.7. The maximum absolute atomic E-state index is 5.45. The van der Waals surface area contributed by atoms with E-state index < -0.39 is 0 Å². The van der Waals surface area contributed by atoms with Crippen LogP contribution < -0.4 is 10.6 Å². The molecule has 0 saturated carbocycles. The second-order valence-corrected chi connectivity index (χ2v) is 3.47. The first-order chi connectivity index (χ1) is 6.68. The lowest BCUT2D eigenvalue weighted by molar-refractivity contribution is 0.117. The van der Waals surface area contributed by atoms with Crippen molar-refractivity contribution in [3.05, 3.63) is 0 Å². The molecule has 2 rings (SSSR count). The van der Waals surface area contributed by atoms with Crippen LogP contribution in [0.4, 0.5) is 12.0 Å². The summed E-state index contributed by atoms with van der Waals surface area (Å²) < 4.78 is 10.6. The number of rotatable bonds is 2. The van der Waals surface area contributed by atoms with Crippen molar-refractivity contribution in [2.75, 3.05) is 24.3 Å². The van der Waals surface area contributed by atoms with E-state index in [0.29, 0.717) is 6.01 Å². The Hall–Kier alpha value is -1.30. The van der Waals surface area contributed by atoms with E-state index in [9.17, 15) is 0 Å². The lowest BCUT2D eigenvalue weighted by Gasteiger charge is -2.24. The Bertz CT molecular complexity index is 314. The van der Waals surface area contributed by atoms with E-state index >= 15 is 0 Å². The average molecular weight is 198 g/mol. The molecule has 0 aliphatic carbocycles. The van der Waals surface area contributed by atoms with Crippen molar-refractivity contribution < 1.29 is 9.15 Å². The summed E-state index contributed by atoms with van der Waals surface area (Å²) in [6.07, 6.45) is 1.16. The van der Waals surface area contributed by atoms with Crippen molar-refractivity contribution in [2.24, 2.45) is 0 Å². The molecule has 78 valence electrons. The van der Waals surface area contributed by atoms with E-state index in [1.165, 1.54) is 0 Å². The molecule has 6 heteroatoms. The summed E-state index contributed by atoms with van der Waals surface area (Å²) in [5, 5.41) is 7.44. The standard InChI is InChI=1S/C8H14N4O2/c1-5-6(3-4-13-5)12(2)8-11-10-7(9)14-8/h5-6H,3-4H2,1-2H3,(H2,9,10). The highest BCUT2D eigenvalue weighted by molar-refractivity contribution is 5.29. The monoisotopic (exact) mass is 198 g/mol. The van der Waals surface area contributed by atoms with Crippen LogP contribution >= 0.6 is 0 Å². The number of likely N-dealkylation sites (N-methyl/N-ethyl adjacent to an activating group) is 1. The van der Waals surface area contributed by atoms with Gasteiger partial charge >= 0.3 is 12.0 Å². The largest absolute Gasteiger partial charge is 0.390 e. The van der Waals surface area contributed by atoms with E-state index in [1.807, 2.05) is 18.9 Å². The average Bonchev–Trinajstić information content (AvgIpc) is 2.73. The van der Waals surface area contributed by atoms with Crippen molar-refractivity contribution in [3.63, 3.8) is 0 Å². The van der Waals surface area contributed by atoms with Crippen molar-refractivity contribution in [2.45, 2.75) is 25.5 Å². The van der Waals surface area contributed by atoms with Gasteiger partial charge in [0, 0.05) is 13.7 Å². The van der Waals surface area contributed by atoms with Crippen LogP contribution in [0.15, 0.2) is 4.42 Å². The van der Waals surface area contributed by atoms with Gasteiger partial charge in [-0.15, -0.1) is 0 Å². The lowest BCUT2D eigenvalue weighted by atomic mass is 10.1. The number of hydrogen-bond acceptors (Lipinski definition) is 6. The number of nitrogens with zero attached hydrogens (tertiary/aromatic N) is 3. The van der Waals surface area contributed by atoms with E-state index in [-0.39, 0.29) is 18.2 Å². The van der Waals surface area contributed by atoms with Crippen LogP contribution in [0.1, 0.15) is 13.3 Å². The molecule has 0 amide bonds. The molecule has 14 heavy (non-hydrogen) atoms. The zero-order valence-electron chi connectivity index (χ0n) is 8.30. The molecule has 1 fully saturated rings. The number of aromatic nitrogens is 2. The minimum atomic E-state index is 0.0958. The number of nitrogen functional groups attached to an aromatic ring is 1. The highest BCUT2D eigenvalue weighted by Gasteiger charge is 2.30. The fraction of sp³-hybridized carbons (Fsp3) is 0.750. The number of ether oxygens (including phenoxy) is 1. The number of hydrogen-bond donors (Lipinski definition) is 1. The Morgan fingerprint density at radius 3 is 2.79 bits per heavy atom. The smallest absolute Gasteiger partial charge is 0.319 e. The Labute approximate surface area is 82.0 Å². The fourth-order valence-electron chi connectivity index (χ4n) is 1.74. The fourth-order valence-corrected chi connectivity index (χ4v) is 1.74. The maximum atomic E-state index is 5.45. The third-order valence-corrected chi connectivity index (χ3v) is 2.57. The van der Waals surface area contributed by atoms with E-state index in [4.69, 9.17) is 14.9 Å². The molecule has 0 radical (unpaired) electrons. The van der Waals surface area contributed by atoms with Crippen molar-refractivity contribution in [3.8, 4) is 0 Å². The van der Waals surface area contributed by atoms with Crippen LogP contribution in [0, 0.1) is 0 Å². The molecule has 2 heterocycles. The second kappa shape index (κ2) is 3.45. The van der Waals surface area contributed by atoms with Gasteiger partial charge in [0.25, 0.3) is 0 Å². The molecule has 2 unspecified atom stereocenters. The highest BCUT2D eigenvalue weighted by atomic mass is 16.5. The number of anilines is 2. The summed E-state index contributed by atoms with van der Waals surface area (Å²) in [7, 11) is 1.91. The molecule has 1 aliphatic heterocycles.